The van der Waals surface area contributed by atoms with Gasteiger partial charge in [-0.2, -0.15) is 0 Å². The summed E-state index contributed by atoms with van der Waals surface area (Å²) in [6.45, 7) is 1.86. The predicted molar refractivity (Wildman–Crippen MR) is 104 cm³/mol. The second-order valence-electron chi connectivity index (χ2n) is 6.41. The van der Waals surface area contributed by atoms with Crippen molar-refractivity contribution >= 4 is 32.3 Å². The number of rotatable bonds is 5. The molecule has 2 heterocycles. The number of hydrogen-bond donors (Lipinski definition) is 2. The molecule has 0 radical (unpaired) electrons. The zero-order valence-corrected chi connectivity index (χ0v) is 16.0. The fourth-order valence-corrected chi connectivity index (χ4v) is 3.99. The molecule has 0 atom stereocenters. The summed E-state index contributed by atoms with van der Waals surface area (Å²) in [6.07, 6.45) is 4.51. The molecular weight excluding hydrogens is 364 g/mol. The van der Waals surface area contributed by atoms with Crippen molar-refractivity contribution < 1.29 is 13.2 Å². The molecule has 0 unspecified atom stereocenters. The lowest BCUT2D eigenvalue weighted by Crippen LogP contribution is -2.13. The van der Waals surface area contributed by atoms with Crippen molar-refractivity contribution in [3.8, 4) is 0 Å². The lowest BCUT2D eigenvalue weighted by molar-refractivity contribution is 0.104. The smallest absolute Gasteiger partial charge is 0.226 e. The number of benzene rings is 1. The Kier molecular flexibility index (Phi) is 4.75. The molecule has 1 aromatic carbocycles. The molecule has 3 aromatic rings. The average Bonchev–Trinajstić information content (AvgIpc) is 3.07. The number of hydrogen-bond acceptors (Lipinski definition) is 6. The Labute approximate surface area is 157 Å². The highest BCUT2D eigenvalue weighted by Gasteiger charge is 2.27. The normalized spacial score (nSPS) is 12.0. The Bertz CT molecular complexity index is 1140. The van der Waals surface area contributed by atoms with Crippen molar-refractivity contribution in [2.24, 2.45) is 0 Å². The number of carbonyl (C=O) groups excluding carboxylic acids is 1. The molecule has 0 aliphatic rings. The molecule has 0 aliphatic heterocycles. The van der Waals surface area contributed by atoms with Gasteiger partial charge in [-0.05, 0) is 25.1 Å². The Morgan fingerprint density at radius 2 is 1.85 bits per heavy atom. The van der Waals surface area contributed by atoms with Crippen LogP contribution < -0.4 is 5.73 Å². The van der Waals surface area contributed by atoms with Crippen molar-refractivity contribution in [2.45, 2.75) is 16.8 Å². The molecule has 2 aromatic heterocycles. The number of aryl methyl sites for hydroxylation is 1. The standard InChI is InChI=1S/C19H20N4O3S/c1-12-4-6-13(7-5-12)27(25,26)19-17(20)16(15(24)9-11-23(2)3)14-8-10-21-18(14)22-19/h4-11H,20H2,1-3H3,(H,21,22). The first-order valence-electron chi connectivity index (χ1n) is 8.19. The van der Waals surface area contributed by atoms with Crippen LogP contribution in [0.3, 0.4) is 0 Å². The average molecular weight is 384 g/mol. The van der Waals surface area contributed by atoms with Crippen LogP contribution in [0.4, 0.5) is 5.69 Å². The number of allylic oxidation sites excluding steroid dienone is 1. The van der Waals surface area contributed by atoms with E-state index in [2.05, 4.69) is 9.97 Å². The van der Waals surface area contributed by atoms with E-state index in [0.29, 0.717) is 5.39 Å². The largest absolute Gasteiger partial charge is 0.396 e. The number of aromatic amines is 1. The summed E-state index contributed by atoms with van der Waals surface area (Å²) in [5.74, 6) is -0.395. The summed E-state index contributed by atoms with van der Waals surface area (Å²) in [5, 5.41) is 0.145. The predicted octanol–water partition coefficient (Wildman–Crippen LogP) is 2.54. The number of fused-ring (bicyclic) bond motifs is 1. The highest BCUT2D eigenvalue weighted by Crippen LogP contribution is 2.32. The van der Waals surface area contributed by atoms with Crippen LogP contribution in [0.5, 0.6) is 0 Å². The first kappa shape index (κ1) is 18.7. The fraction of sp³-hybridized carbons (Fsp3) is 0.158. The molecular formula is C19H20N4O3S. The van der Waals surface area contributed by atoms with Crippen LogP contribution in [0.25, 0.3) is 11.0 Å². The number of sulfone groups is 1. The first-order chi connectivity index (χ1) is 12.7. The highest BCUT2D eigenvalue weighted by atomic mass is 32.2. The van der Waals surface area contributed by atoms with Gasteiger partial charge in [0.15, 0.2) is 10.8 Å². The zero-order chi connectivity index (χ0) is 19.8. The lowest BCUT2D eigenvalue weighted by atomic mass is 10.1. The Morgan fingerprint density at radius 1 is 1.19 bits per heavy atom. The highest BCUT2D eigenvalue weighted by molar-refractivity contribution is 7.91. The maximum absolute atomic E-state index is 13.1. The Balaban J connectivity index is 2.24. The molecule has 140 valence electrons. The number of carbonyl (C=O) groups is 1. The minimum absolute atomic E-state index is 0.0699. The van der Waals surface area contributed by atoms with Gasteiger partial charge in [0.05, 0.1) is 16.1 Å². The molecule has 27 heavy (non-hydrogen) atoms. The van der Waals surface area contributed by atoms with Crippen molar-refractivity contribution in [1.82, 2.24) is 14.9 Å². The molecule has 0 saturated heterocycles. The van der Waals surface area contributed by atoms with Crippen LogP contribution in [0.2, 0.25) is 0 Å². The molecule has 0 spiro atoms. The summed E-state index contributed by atoms with van der Waals surface area (Å²) in [7, 11) is -0.433. The molecule has 3 N–H and O–H groups in total. The molecule has 7 nitrogen and oxygen atoms in total. The van der Waals surface area contributed by atoms with Crippen LogP contribution in [-0.4, -0.2) is 43.2 Å². The minimum Gasteiger partial charge on any atom is -0.396 e. The van der Waals surface area contributed by atoms with Gasteiger partial charge in [-0.15, -0.1) is 0 Å². The van der Waals surface area contributed by atoms with E-state index in [4.69, 9.17) is 5.73 Å². The van der Waals surface area contributed by atoms with Crippen molar-refractivity contribution in [3.63, 3.8) is 0 Å². The van der Waals surface area contributed by atoms with Gasteiger partial charge in [-0.3, -0.25) is 4.79 Å². The lowest BCUT2D eigenvalue weighted by Gasteiger charge is -2.12. The van der Waals surface area contributed by atoms with E-state index < -0.39 is 15.6 Å². The molecule has 0 aliphatic carbocycles. The van der Waals surface area contributed by atoms with Gasteiger partial charge in [0.25, 0.3) is 0 Å². The van der Waals surface area contributed by atoms with E-state index in [0.717, 1.165) is 5.56 Å². The molecule has 3 rings (SSSR count). The van der Waals surface area contributed by atoms with Crippen LogP contribution in [0, 0.1) is 6.92 Å². The minimum atomic E-state index is -3.99. The van der Waals surface area contributed by atoms with E-state index in [1.807, 2.05) is 6.92 Å². The van der Waals surface area contributed by atoms with Gasteiger partial charge in [0, 0.05) is 38.0 Å². The van der Waals surface area contributed by atoms with Crippen molar-refractivity contribution in [3.05, 3.63) is 59.9 Å². The Morgan fingerprint density at radius 3 is 2.48 bits per heavy atom. The SMILES string of the molecule is Cc1ccc(S(=O)(=O)c2nc3[nH]ccc3c(C(=O)C=CN(C)C)c2N)cc1. The van der Waals surface area contributed by atoms with Gasteiger partial charge < -0.3 is 15.6 Å². The van der Waals surface area contributed by atoms with Crippen molar-refractivity contribution in [2.75, 3.05) is 19.8 Å². The third-order valence-electron chi connectivity index (χ3n) is 4.06. The maximum Gasteiger partial charge on any atom is 0.226 e. The fourth-order valence-electron chi connectivity index (χ4n) is 2.67. The number of nitrogens with zero attached hydrogens (tertiary/aromatic N) is 2. The van der Waals surface area contributed by atoms with Crippen LogP contribution in [0.1, 0.15) is 15.9 Å². The van der Waals surface area contributed by atoms with E-state index in [1.165, 1.54) is 18.2 Å². The maximum atomic E-state index is 13.1. The monoisotopic (exact) mass is 384 g/mol. The van der Waals surface area contributed by atoms with E-state index in [-0.39, 0.29) is 26.8 Å². The van der Waals surface area contributed by atoms with Gasteiger partial charge in [0.2, 0.25) is 9.84 Å². The second-order valence-corrected chi connectivity index (χ2v) is 8.27. The van der Waals surface area contributed by atoms with Crippen LogP contribution >= 0.6 is 0 Å². The summed E-state index contributed by atoms with van der Waals surface area (Å²) < 4.78 is 26.2. The van der Waals surface area contributed by atoms with Crippen LogP contribution in [-0.2, 0) is 9.84 Å². The summed E-state index contributed by atoms with van der Waals surface area (Å²) in [6, 6.07) is 8.04. The number of nitrogens with two attached hydrogens (primary N) is 1. The van der Waals surface area contributed by atoms with E-state index in [1.54, 1.807) is 49.6 Å². The zero-order valence-electron chi connectivity index (χ0n) is 15.2. The summed E-state index contributed by atoms with van der Waals surface area (Å²) in [4.78, 5) is 21.5. The molecule has 0 amide bonds. The number of H-pyrrole nitrogens is 1. The number of pyridine rings is 1. The molecule has 8 heteroatoms. The van der Waals surface area contributed by atoms with Gasteiger partial charge in [-0.1, -0.05) is 17.7 Å². The molecule has 0 saturated carbocycles. The third kappa shape index (κ3) is 3.43. The first-order valence-corrected chi connectivity index (χ1v) is 9.67. The van der Waals surface area contributed by atoms with Gasteiger partial charge in [-0.25, -0.2) is 13.4 Å². The van der Waals surface area contributed by atoms with Crippen LogP contribution in [0.15, 0.2) is 58.7 Å². The molecule has 0 bridgehead atoms. The number of ketones is 1. The quantitative estimate of drug-likeness (QED) is 0.517. The third-order valence-corrected chi connectivity index (χ3v) is 5.78. The number of anilines is 1. The summed E-state index contributed by atoms with van der Waals surface area (Å²) in [5.41, 5.74) is 7.32. The topological polar surface area (TPSA) is 109 Å². The summed E-state index contributed by atoms with van der Waals surface area (Å²) >= 11 is 0. The molecule has 0 fully saturated rings. The number of aromatic nitrogens is 2. The van der Waals surface area contributed by atoms with Gasteiger partial charge in [0.1, 0.15) is 5.65 Å². The number of nitrogen functional groups attached to an aromatic ring is 1. The Hall–Kier alpha value is -3.13. The van der Waals surface area contributed by atoms with Crippen molar-refractivity contribution in [1.29, 1.82) is 0 Å². The van der Waals surface area contributed by atoms with Gasteiger partial charge >= 0.3 is 0 Å². The van der Waals surface area contributed by atoms with E-state index in [9.17, 15) is 13.2 Å². The number of nitrogens with one attached hydrogen (secondary N) is 1. The van der Waals surface area contributed by atoms with E-state index >= 15 is 0 Å². The second kappa shape index (κ2) is 6.88.